The molecule has 8 aliphatic rings. The van der Waals surface area contributed by atoms with Gasteiger partial charge >= 0.3 is 17.9 Å². The van der Waals surface area contributed by atoms with Gasteiger partial charge in [-0.05, 0) is 92.8 Å². The molecule has 0 aromatic carbocycles. The fourth-order valence-electron chi connectivity index (χ4n) is 16.0. The van der Waals surface area contributed by atoms with Gasteiger partial charge in [0.15, 0.2) is 25.0 Å². The second-order valence-electron chi connectivity index (χ2n) is 25.1. The summed E-state index contributed by atoms with van der Waals surface area (Å²) < 4.78 is 48.0. The molecule has 12 N–H and O–H groups in total. The zero-order valence-electron chi connectivity index (χ0n) is 45.4. The van der Waals surface area contributed by atoms with Crippen LogP contribution in [0.5, 0.6) is 0 Å². The van der Waals surface area contributed by atoms with Crippen molar-refractivity contribution in [2.24, 2.45) is 50.2 Å². The van der Waals surface area contributed by atoms with E-state index < -0.39 is 193 Å². The summed E-state index contributed by atoms with van der Waals surface area (Å²) >= 11 is 0. The number of esters is 2. The molecule has 0 aromatic heterocycles. The quantitative estimate of drug-likeness (QED) is 0.0470. The van der Waals surface area contributed by atoms with Crippen LogP contribution in [0.3, 0.4) is 0 Å². The van der Waals surface area contributed by atoms with Crippen molar-refractivity contribution in [3.63, 3.8) is 0 Å². The Bertz CT molecular complexity index is 2240. The summed E-state index contributed by atoms with van der Waals surface area (Å²) in [5.74, 6) is -3.76. The monoisotopic (exact) mass is 1100 g/mol. The summed E-state index contributed by atoms with van der Waals surface area (Å²) in [4.78, 5) is 39.4. The topological polar surface area (TPSA) is 368 Å². The average Bonchev–Trinajstić information content (AvgIpc) is 3.56. The third kappa shape index (κ3) is 9.64. The lowest BCUT2D eigenvalue weighted by Crippen LogP contribution is -2.72. The lowest BCUT2D eigenvalue weighted by atomic mass is 9.33. The minimum Gasteiger partial charge on any atom is -0.479 e. The Morgan fingerprint density at radius 2 is 1.38 bits per heavy atom. The van der Waals surface area contributed by atoms with E-state index in [0.717, 1.165) is 5.57 Å². The normalized spacial score (nSPS) is 50.7. The summed E-state index contributed by atoms with van der Waals surface area (Å²) in [6.45, 7) is 14.6. The molecule has 3 saturated heterocycles. The molecule has 0 amide bonds. The van der Waals surface area contributed by atoms with Gasteiger partial charge in [-0.25, -0.2) is 9.59 Å². The first-order chi connectivity index (χ1) is 36.0. The molecule has 0 aromatic rings. The fourth-order valence-corrected chi connectivity index (χ4v) is 16.0. The van der Waals surface area contributed by atoms with Crippen LogP contribution < -0.4 is 0 Å². The van der Waals surface area contributed by atoms with Gasteiger partial charge in [-0.1, -0.05) is 59.3 Å². The maximum Gasteiger partial charge on any atom is 0.335 e. The molecule has 0 spiro atoms. The van der Waals surface area contributed by atoms with Crippen LogP contribution in [0.15, 0.2) is 23.3 Å². The molecule has 3 aliphatic heterocycles. The first-order valence-electron chi connectivity index (χ1n) is 27.1. The maximum absolute atomic E-state index is 13.4. The van der Waals surface area contributed by atoms with Crippen molar-refractivity contribution >= 4 is 17.9 Å². The van der Waals surface area contributed by atoms with Crippen LogP contribution in [0.25, 0.3) is 0 Å². The Morgan fingerprint density at radius 1 is 0.714 bits per heavy atom. The van der Waals surface area contributed by atoms with Gasteiger partial charge in [0, 0.05) is 23.3 Å². The number of carboxylic acids is 1. The van der Waals surface area contributed by atoms with E-state index in [2.05, 4.69) is 26.8 Å². The zero-order valence-corrected chi connectivity index (χ0v) is 45.4. The largest absolute Gasteiger partial charge is 0.479 e. The molecule has 1 unspecified atom stereocenters. The van der Waals surface area contributed by atoms with Crippen LogP contribution in [0, 0.1) is 50.2 Å². The number of fused-ring (bicyclic) bond motifs is 7. The van der Waals surface area contributed by atoms with Gasteiger partial charge < -0.3 is 99.2 Å². The van der Waals surface area contributed by atoms with E-state index in [4.69, 9.17) is 37.9 Å². The molecule has 23 heteroatoms. The molecule has 438 valence electrons. The van der Waals surface area contributed by atoms with Gasteiger partial charge in [0.05, 0.1) is 44.1 Å². The summed E-state index contributed by atoms with van der Waals surface area (Å²) in [5, 5.41) is 132. The number of hydrogen-bond donors (Lipinski definition) is 12. The Labute approximate surface area is 448 Å². The van der Waals surface area contributed by atoms with Gasteiger partial charge in [-0.2, -0.15) is 0 Å². The maximum atomic E-state index is 13.4. The molecule has 3 heterocycles. The smallest absolute Gasteiger partial charge is 0.335 e. The number of aliphatic hydroxyl groups is 11. The van der Waals surface area contributed by atoms with Gasteiger partial charge in [-0.3, -0.25) is 4.79 Å². The van der Waals surface area contributed by atoms with E-state index in [1.807, 2.05) is 20.8 Å². The number of allylic oxidation sites excluding steroid dienone is 3. The summed E-state index contributed by atoms with van der Waals surface area (Å²) in [7, 11) is 0. The van der Waals surface area contributed by atoms with Crippen LogP contribution in [0.1, 0.15) is 107 Å². The van der Waals surface area contributed by atoms with Crippen molar-refractivity contribution in [3.05, 3.63) is 23.3 Å². The Morgan fingerprint density at radius 3 is 1.99 bits per heavy atom. The van der Waals surface area contributed by atoms with E-state index in [0.29, 0.717) is 37.7 Å². The zero-order chi connectivity index (χ0) is 56.9. The molecule has 4 saturated carbocycles. The van der Waals surface area contributed by atoms with Crippen molar-refractivity contribution in [3.8, 4) is 0 Å². The molecule has 77 heavy (non-hydrogen) atoms. The van der Waals surface area contributed by atoms with E-state index >= 15 is 0 Å². The highest BCUT2D eigenvalue weighted by atomic mass is 16.8. The van der Waals surface area contributed by atoms with Crippen molar-refractivity contribution in [1.29, 1.82) is 0 Å². The number of hydrogen-bond acceptors (Lipinski definition) is 22. The van der Waals surface area contributed by atoms with Crippen LogP contribution in [0.2, 0.25) is 0 Å². The minimum absolute atomic E-state index is 0.0613. The number of aliphatic hydroxyl groups excluding tert-OH is 11. The highest BCUT2D eigenvalue weighted by molar-refractivity contribution is 5.87. The lowest BCUT2D eigenvalue weighted by Gasteiger charge is -2.72. The van der Waals surface area contributed by atoms with Crippen molar-refractivity contribution in [2.45, 2.75) is 218 Å². The van der Waals surface area contributed by atoms with Gasteiger partial charge in [0.2, 0.25) is 0 Å². The van der Waals surface area contributed by atoms with Crippen molar-refractivity contribution in [2.75, 3.05) is 26.4 Å². The van der Waals surface area contributed by atoms with Crippen molar-refractivity contribution < 1.29 is 114 Å². The fraction of sp³-hybridized carbons (Fsp3) is 0.870. The second-order valence-corrected chi connectivity index (χ2v) is 25.1. The molecule has 0 bridgehead atoms. The molecular weight excluding hydrogens is 1020 g/mol. The van der Waals surface area contributed by atoms with Crippen LogP contribution >= 0.6 is 0 Å². The van der Waals surface area contributed by atoms with E-state index in [1.54, 1.807) is 19.9 Å². The third-order valence-corrected chi connectivity index (χ3v) is 20.7. The third-order valence-electron chi connectivity index (χ3n) is 20.7. The van der Waals surface area contributed by atoms with E-state index in [-0.39, 0.29) is 24.7 Å². The molecule has 7 fully saturated rings. The second kappa shape index (κ2) is 21.8. The summed E-state index contributed by atoms with van der Waals surface area (Å²) in [6.07, 6.45) is -23.5. The van der Waals surface area contributed by atoms with Gasteiger partial charge in [0.25, 0.3) is 0 Å². The molecule has 8 rings (SSSR count). The highest BCUT2D eigenvalue weighted by Crippen LogP contribution is 2.76. The van der Waals surface area contributed by atoms with E-state index in [9.17, 15) is 75.7 Å². The van der Waals surface area contributed by atoms with Crippen LogP contribution in [-0.4, -0.2) is 216 Å². The Balaban J connectivity index is 1.11. The SMILES string of the molecule is C/C=C(/C)C(=O)O[C@H]1[C@H](OC(C)=O)[C@@]2(CO)[C@H](O)C[C@]3(C)C(=CC[C@@H]4C5(C)CC[C@H](O[C@@H]6O[C@H](C(=O)O)[C@@H](O[C@@H]7O[C@H](CO)[C@@H](O)[C@H](O)[C@H]7O)[C@H](O)[C@H]6O[C@@H]6OC[C@@H](O)[C@H](O)[C@H]6O)[C@](C)(CO)[C@@H]5CC[C@]43C)[C@@H]2CC1(C)C. The molecule has 5 aliphatic carbocycles. The summed E-state index contributed by atoms with van der Waals surface area (Å²) in [5.41, 5.74) is -3.63. The van der Waals surface area contributed by atoms with Gasteiger partial charge in [0.1, 0.15) is 73.2 Å². The predicted octanol–water partition coefficient (Wildman–Crippen LogP) is -0.682. The van der Waals surface area contributed by atoms with Crippen LogP contribution in [-0.2, 0) is 52.3 Å². The summed E-state index contributed by atoms with van der Waals surface area (Å²) in [6, 6.07) is 0. The Kier molecular flexibility index (Phi) is 17.1. The number of carbonyl (C=O) groups is 3. The molecular formula is C54H84O23. The minimum atomic E-state index is -2.11. The first-order valence-corrected chi connectivity index (χ1v) is 27.1. The highest BCUT2D eigenvalue weighted by Gasteiger charge is 2.74. The van der Waals surface area contributed by atoms with Crippen LogP contribution in [0.4, 0.5) is 0 Å². The standard InChI is InChI=1S/C54H84O23/c1-10-23(2)45(69)77-42-43(71-24(3)58)54(22-57)26(17-49(42,4)5)25-11-12-30-50(6)15-14-32(51(7,21-56)29(50)13-16-52(30,8)53(25,9)18-31(54)60)73-48-40(75-46-36(64)33(61)27(59)20-70-46)38(66)39(41(76-48)44(67)68)74-47-37(65)35(63)34(62)28(19-55)72-47/h10-11,26-43,46-48,55-57,59-66H,12-22H2,1-9H3,(H,67,68)/b23-10-/t26-,27+,28+,29+,30+,31+,32-,33-,34+,35-,36+,37+,38-,39-,40+,41-,42-,43-,46-,47-,48+,50?,51+,52+,53+,54+/m0/s1. The number of carbonyl (C=O) groups excluding carboxylic acids is 2. The number of carboxylic acid groups (broad SMARTS) is 1. The number of rotatable bonds is 13. The first kappa shape index (κ1) is 60.3. The molecule has 26 atom stereocenters. The predicted molar refractivity (Wildman–Crippen MR) is 263 cm³/mol. The number of aliphatic carboxylic acids is 1. The Hall–Kier alpha value is -2.79. The van der Waals surface area contributed by atoms with Gasteiger partial charge in [-0.15, -0.1) is 0 Å². The molecule has 23 nitrogen and oxygen atoms in total. The average molecular weight is 1100 g/mol. The van der Waals surface area contributed by atoms with E-state index in [1.165, 1.54) is 6.92 Å². The van der Waals surface area contributed by atoms with Crippen molar-refractivity contribution in [1.82, 2.24) is 0 Å². The lowest BCUT2D eigenvalue weighted by molar-refractivity contribution is -0.387. The number of ether oxygens (including phenoxy) is 8. The molecule has 0 radical (unpaired) electrons.